The molecule has 0 bridgehead atoms. The molecule has 2 heterocycles. The average Bonchev–Trinajstić information content (AvgIpc) is 2.92. The Balaban J connectivity index is 1.91. The summed E-state index contributed by atoms with van der Waals surface area (Å²) in [5, 5.41) is 3.01. The molecule has 0 aromatic carbocycles. The third-order valence-electron chi connectivity index (χ3n) is 3.01. The number of likely N-dealkylation sites (tertiary alicyclic amines) is 1. The minimum atomic E-state index is -0.450. The number of amides is 2. The largest absolute Gasteiger partial charge is 0.444 e. The number of hydrogen-bond donors (Lipinski definition) is 1. The van der Waals surface area contributed by atoms with Crippen molar-refractivity contribution in [3.05, 3.63) is 17.8 Å². The van der Waals surface area contributed by atoms with Gasteiger partial charge in [0.1, 0.15) is 5.76 Å². The van der Waals surface area contributed by atoms with Gasteiger partial charge in [-0.2, -0.15) is 0 Å². The predicted octanol–water partition coefficient (Wildman–Crippen LogP) is 0.474. The topological polar surface area (TPSA) is 75.4 Å². The van der Waals surface area contributed by atoms with E-state index in [2.05, 4.69) is 10.3 Å². The van der Waals surface area contributed by atoms with Crippen LogP contribution in [0.25, 0.3) is 0 Å². The van der Waals surface area contributed by atoms with Crippen LogP contribution < -0.4 is 5.32 Å². The predicted molar refractivity (Wildman–Crippen MR) is 63.5 cm³/mol. The van der Waals surface area contributed by atoms with Gasteiger partial charge in [-0.3, -0.25) is 19.8 Å². The van der Waals surface area contributed by atoms with Crippen LogP contribution in [0.1, 0.15) is 31.9 Å². The Hall–Kier alpha value is -1.69. The third-order valence-corrected chi connectivity index (χ3v) is 3.01. The van der Waals surface area contributed by atoms with E-state index in [1.807, 2.05) is 6.92 Å². The monoisotopic (exact) mass is 251 g/mol. The van der Waals surface area contributed by atoms with Crippen LogP contribution in [-0.4, -0.2) is 34.3 Å². The molecule has 18 heavy (non-hydrogen) atoms. The molecule has 1 atom stereocenters. The van der Waals surface area contributed by atoms with Crippen molar-refractivity contribution in [3.8, 4) is 0 Å². The summed E-state index contributed by atoms with van der Waals surface area (Å²) in [7, 11) is 0. The Kier molecular flexibility index (Phi) is 3.76. The molecular formula is C12H17N3O3. The van der Waals surface area contributed by atoms with Gasteiger partial charge in [-0.15, -0.1) is 0 Å². The highest BCUT2D eigenvalue weighted by Crippen LogP contribution is 2.13. The lowest BCUT2D eigenvalue weighted by molar-refractivity contribution is -0.138. The van der Waals surface area contributed by atoms with Gasteiger partial charge >= 0.3 is 0 Å². The molecule has 6 nitrogen and oxygen atoms in total. The van der Waals surface area contributed by atoms with Crippen molar-refractivity contribution in [2.75, 3.05) is 6.54 Å². The molecule has 1 aromatic heterocycles. The van der Waals surface area contributed by atoms with Crippen molar-refractivity contribution >= 4 is 11.8 Å². The number of carbonyl (C=O) groups excluding carboxylic acids is 2. The van der Waals surface area contributed by atoms with Crippen molar-refractivity contribution in [2.24, 2.45) is 0 Å². The first-order valence-corrected chi connectivity index (χ1v) is 6.16. The van der Waals surface area contributed by atoms with Gasteiger partial charge in [0.25, 0.3) is 0 Å². The highest BCUT2D eigenvalue weighted by atomic mass is 16.4. The van der Waals surface area contributed by atoms with Crippen molar-refractivity contribution in [1.29, 1.82) is 0 Å². The zero-order chi connectivity index (χ0) is 13.1. The molecular weight excluding hydrogens is 234 g/mol. The summed E-state index contributed by atoms with van der Waals surface area (Å²) in [6.07, 6.45) is 2.68. The van der Waals surface area contributed by atoms with Gasteiger partial charge in [0.2, 0.25) is 17.7 Å². The van der Waals surface area contributed by atoms with E-state index in [-0.39, 0.29) is 18.2 Å². The summed E-state index contributed by atoms with van der Waals surface area (Å²) >= 11 is 0. The van der Waals surface area contributed by atoms with E-state index in [0.29, 0.717) is 19.0 Å². The minimum absolute atomic E-state index is 0.123. The molecule has 2 rings (SSSR count). The van der Waals surface area contributed by atoms with Crippen LogP contribution in [0.3, 0.4) is 0 Å². The molecule has 0 saturated carbocycles. The number of aromatic nitrogens is 1. The first-order chi connectivity index (χ1) is 8.65. The number of imide groups is 1. The first kappa shape index (κ1) is 12.8. The average molecular weight is 251 g/mol. The maximum atomic E-state index is 11.8. The van der Waals surface area contributed by atoms with Crippen LogP contribution in [0.5, 0.6) is 0 Å². The summed E-state index contributed by atoms with van der Waals surface area (Å²) < 4.78 is 5.42. The van der Waals surface area contributed by atoms with Gasteiger partial charge in [0.15, 0.2) is 0 Å². The minimum Gasteiger partial charge on any atom is -0.444 e. The molecule has 1 saturated heterocycles. The summed E-state index contributed by atoms with van der Waals surface area (Å²) in [5.74, 6) is 1.07. The lowest BCUT2D eigenvalue weighted by atomic mass is 10.2. The van der Waals surface area contributed by atoms with Crippen molar-refractivity contribution in [3.63, 3.8) is 0 Å². The molecule has 0 aliphatic carbocycles. The van der Waals surface area contributed by atoms with Crippen LogP contribution in [-0.2, 0) is 22.6 Å². The van der Waals surface area contributed by atoms with Crippen molar-refractivity contribution in [2.45, 2.75) is 39.3 Å². The van der Waals surface area contributed by atoms with Crippen LogP contribution in [0.2, 0.25) is 0 Å². The van der Waals surface area contributed by atoms with Gasteiger partial charge in [-0.1, -0.05) is 6.92 Å². The second-order valence-electron chi connectivity index (χ2n) is 4.19. The lowest BCUT2D eigenvalue weighted by Gasteiger charge is -2.12. The fraction of sp³-hybridized carbons (Fsp3) is 0.583. The van der Waals surface area contributed by atoms with Crippen LogP contribution in [0.4, 0.5) is 0 Å². The van der Waals surface area contributed by atoms with E-state index < -0.39 is 6.04 Å². The molecule has 1 N–H and O–H groups in total. The summed E-state index contributed by atoms with van der Waals surface area (Å²) in [4.78, 5) is 28.7. The van der Waals surface area contributed by atoms with E-state index in [9.17, 15) is 9.59 Å². The standard InChI is InChI=1S/C12H17N3O3/c1-3-8-6-14-10(18-8)7-13-9-5-11(16)15(4-2)12(9)17/h6,9,13H,3-5,7H2,1-2H3. The zero-order valence-electron chi connectivity index (χ0n) is 10.6. The fourth-order valence-electron chi connectivity index (χ4n) is 1.98. The van der Waals surface area contributed by atoms with Crippen molar-refractivity contribution in [1.82, 2.24) is 15.2 Å². The van der Waals surface area contributed by atoms with E-state index in [1.165, 1.54) is 4.90 Å². The van der Waals surface area contributed by atoms with Gasteiger partial charge in [-0.05, 0) is 6.92 Å². The molecule has 6 heteroatoms. The number of nitrogens with one attached hydrogen (secondary N) is 1. The van der Waals surface area contributed by atoms with Crippen molar-refractivity contribution < 1.29 is 14.0 Å². The Morgan fingerprint density at radius 1 is 1.50 bits per heavy atom. The van der Waals surface area contributed by atoms with Gasteiger partial charge < -0.3 is 4.42 Å². The maximum absolute atomic E-state index is 11.8. The second-order valence-corrected chi connectivity index (χ2v) is 4.19. The molecule has 0 radical (unpaired) electrons. The van der Waals surface area contributed by atoms with E-state index in [0.717, 1.165) is 12.2 Å². The summed E-state index contributed by atoms with van der Waals surface area (Å²) in [6.45, 7) is 4.56. The van der Waals surface area contributed by atoms with Crippen LogP contribution >= 0.6 is 0 Å². The second kappa shape index (κ2) is 5.30. The Bertz CT molecular complexity index is 455. The number of likely N-dealkylation sites (N-methyl/N-ethyl adjacent to an activating group) is 1. The number of carbonyl (C=O) groups is 2. The van der Waals surface area contributed by atoms with E-state index in [1.54, 1.807) is 13.1 Å². The van der Waals surface area contributed by atoms with Crippen LogP contribution in [0.15, 0.2) is 10.6 Å². The highest BCUT2D eigenvalue weighted by Gasteiger charge is 2.37. The normalized spacial score (nSPS) is 19.9. The number of aryl methyl sites for hydroxylation is 1. The number of hydrogen-bond acceptors (Lipinski definition) is 5. The van der Waals surface area contributed by atoms with E-state index >= 15 is 0 Å². The quantitative estimate of drug-likeness (QED) is 0.770. The molecule has 1 aliphatic heterocycles. The number of nitrogens with zero attached hydrogens (tertiary/aromatic N) is 2. The van der Waals surface area contributed by atoms with E-state index in [4.69, 9.17) is 4.42 Å². The molecule has 1 unspecified atom stereocenters. The number of rotatable bonds is 5. The Labute approximate surface area is 105 Å². The van der Waals surface area contributed by atoms with Gasteiger partial charge in [-0.25, -0.2) is 4.98 Å². The molecule has 0 spiro atoms. The summed E-state index contributed by atoms with van der Waals surface area (Å²) in [6, 6.07) is -0.450. The van der Waals surface area contributed by atoms with Gasteiger partial charge in [0, 0.05) is 13.0 Å². The Morgan fingerprint density at radius 2 is 2.28 bits per heavy atom. The van der Waals surface area contributed by atoms with Gasteiger partial charge in [0.05, 0.1) is 25.2 Å². The molecule has 1 aliphatic rings. The SMILES string of the molecule is CCc1cnc(CNC2CC(=O)N(CC)C2=O)o1. The van der Waals surface area contributed by atoms with Crippen LogP contribution in [0, 0.1) is 0 Å². The zero-order valence-corrected chi connectivity index (χ0v) is 10.6. The molecule has 1 fully saturated rings. The molecule has 2 amide bonds. The lowest BCUT2D eigenvalue weighted by Crippen LogP contribution is -2.38. The molecule has 98 valence electrons. The molecule has 1 aromatic rings. The highest BCUT2D eigenvalue weighted by molar-refractivity contribution is 6.05. The Morgan fingerprint density at radius 3 is 2.83 bits per heavy atom. The number of oxazole rings is 1. The summed E-state index contributed by atoms with van der Waals surface area (Å²) in [5.41, 5.74) is 0. The first-order valence-electron chi connectivity index (χ1n) is 6.16. The smallest absolute Gasteiger partial charge is 0.246 e. The third kappa shape index (κ3) is 2.43. The fourth-order valence-corrected chi connectivity index (χ4v) is 1.98. The maximum Gasteiger partial charge on any atom is 0.246 e.